The Bertz CT molecular complexity index is 725. The van der Waals surface area contributed by atoms with Crippen LogP contribution in [-0.2, 0) is 6.54 Å². The van der Waals surface area contributed by atoms with Crippen molar-refractivity contribution in [2.75, 3.05) is 26.2 Å². The summed E-state index contributed by atoms with van der Waals surface area (Å²) in [6.45, 7) is 2.73. The molecule has 3 rings (SSSR count). The minimum Gasteiger partial charge on any atom is -0.507 e. The maximum absolute atomic E-state index is 13.9. The van der Waals surface area contributed by atoms with Crippen molar-refractivity contribution in [3.05, 3.63) is 64.4 Å². The molecule has 1 N–H and O–H groups in total. The first-order valence-corrected chi connectivity index (χ1v) is 8.16. The van der Waals surface area contributed by atoms with E-state index in [0.717, 1.165) is 0 Å². The zero-order valence-electron chi connectivity index (χ0n) is 13.1. The van der Waals surface area contributed by atoms with Crippen molar-refractivity contribution in [3.8, 4) is 5.75 Å². The number of carbonyl (C=O) groups excluding carboxylic acids is 1. The maximum Gasteiger partial charge on any atom is 0.257 e. The van der Waals surface area contributed by atoms with Gasteiger partial charge in [-0.15, -0.1) is 0 Å². The minimum atomic E-state index is -0.310. The van der Waals surface area contributed by atoms with Crippen LogP contribution in [0.1, 0.15) is 15.9 Å². The summed E-state index contributed by atoms with van der Waals surface area (Å²) in [5.74, 6) is -0.505. The van der Waals surface area contributed by atoms with E-state index < -0.39 is 0 Å². The van der Waals surface area contributed by atoms with Crippen LogP contribution >= 0.6 is 11.6 Å². The zero-order chi connectivity index (χ0) is 17.1. The van der Waals surface area contributed by atoms with E-state index in [1.807, 2.05) is 0 Å². The lowest BCUT2D eigenvalue weighted by molar-refractivity contribution is 0.0624. The lowest BCUT2D eigenvalue weighted by Gasteiger charge is -2.35. The van der Waals surface area contributed by atoms with Gasteiger partial charge in [-0.3, -0.25) is 9.69 Å². The van der Waals surface area contributed by atoms with E-state index in [1.165, 1.54) is 12.1 Å². The van der Waals surface area contributed by atoms with Crippen LogP contribution in [0.5, 0.6) is 5.75 Å². The smallest absolute Gasteiger partial charge is 0.257 e. The third-order valence-electron chi connectivity index (χ3n) is 4.24. The molecule has 126 valence electrons. The first-order valence-electron chi connectivity index (χ1n) is 7.79. The summed E-state index contributed by atoms with van der Waals surface area (Å²) in [6, 6.07) is 11.2. The van der Waals surface area contributed by atoms with Crippen LogP contribution in [0.2, 0.25) is 5.02 Å². The normalized spacial score (nSPS) is 15.5. The number of para-hydroxylation sites is 1. The quantitative estimate of drug-likeness (QED) is 0.926. The lowest BCUT2D eigenvalue weighted by Crippen LogP contribution is -2.48. The van der Waals surface area contributed by atoms with E-state index in [1.54, 1.807) is 35.2 Å². The number of carbonyl (C=O) groups is 1. The Labute approximate surface area is 145 Å². The summed E-state index contributed by atoms with van der Waals surface area (Å²) in [5, 5.41) is 10.2. The van der Waals surface area contributed by atoms with Crippen molar-refractivity contribution in [3.63, 3.8) is 0 Å². The Balaban J connectivity index is 1.62. The maximum atomic E-state index is 13.9. The molecule has 4 nitrogen and oxygen atoms in total. The Morgan fingerprint density at radius 3 is 2.46 bits per heavy atom. The van der Waals surface area contributed by atoms with Crippen LogP contribution in [0.25, 0.3) is 0 Å². The predicted molar refractivity (Wildman–Crippen MR) is 90.7 cm³/mol. The molecule has 24 heavy (non-hydrogen) atoms. The molecule has 1 heterocycles. The van der Waals surface area contributed by atoms with Crippen LogP contribution < -0.4 is 0 Å². The molecular weight excluding hydrogens is 331 g/mol. The van der Waals surface area contributed by atoms with Gasteiger partial charge in [0.1, 0.15) is 11.6 Å². The number of benzene rings is 2. The number of hydrogen-bond acceptors (Lipinski definition) is 3. The van der Waals surface area contributed by atoms with E-state index in [0.29, 0.717) is 48.9 Å². The molecule has 0 aliphatic carbocycles. The number of aromatic hydroxyl groups is 1. The molecule has 0 aromatic heterocycles. The van der Waals surface area contributed by atoms with Gasteiger partial charge in [-0.05, 0) is 24.3 Å². The average Bonchev–Trinajstić information content (AvgIpc) is 2.59. The molecule has 2 aromatic rings. The SMILES string of the molecule is O=C(c1ccccc1O)N1CCN(Cc2c(F)cccc2Cl)CC1. The molecule has 6 heteroatoms. The van der Waals surface area contributed by atoms with Gasteiger partial charge in [-0.25, -0.2) is 4.39 Å². The van der Waals surface area contributed by atoms with Gasteiger partial charge in [0.2, 0.25) is 0 Å². The highest BCUT2D eigenvalue weighted by atomic mass is 35.5. The highest BCUT2D eigenvalue weighted by Crippen LogP contribution is 2.22. The summed E-state index contributed by atoms with van der Waals surface area (Å²) < 4.78 is 13.9. The van der Waals surface area contributed by atoms with Gasteiger partial charge >= 0.3 is 0 Å². The van der Waals surface area contributed by atoms with E-state index in [9.17, 15) is 14.3 Å². The topological polar surface area (TPSA) is 43.8 Å². The van der Waals surface area contributed by atoms with Crippen molar-refractivity contribution >= 4 is 17.5 Å². The Hall–Kier alpha value is -2.11. The first kappa shape index (κ1) is 16.7. The molecule has 0 bridgehead atoms. The highest BCUT2D eigenvalue weighted by molar-refractivity contribution is 6.31. The Kier molecular flexibility index (Phi) is 5.02. The Morgan fingerprint density at radius 1 is 1.08 bits per heavy atom. The van der Waals surface area contributed by atoms with Crippen molar-refractivity contribution in [1.82, 2.24) is 9.80 Å². The largest absolute Gasteiger partial charge is 0.507 e. The standard InChI is InChI=1S/C18H18ClFN2O2/c19-15-5-3-6-16(20)14(15)12-21-8-10-22(11-9-21)18(24)13-4-1-2-7-17(13)23/h1-7,23H,8-12H2. The van der Waals surface area contributed by atoms with Crippen LogP contribution in [0.4, 0.5) is 4.39 Å². The number of hydrogen-bond donors (Lipinski definition) is 1. The number of halogens is 2. The van der Waals surface area contributed by atoms with Crippen LogP contribution in [-0.4, -0.2) is 47.0 Å². The zero-order valence-corrected chi connectivity index (χ0v) is 13.8. The molecule has 1 fully saturated rings. The van der Waals surface area contributed by atoms with E-state index in [2.05, 4.69) is 4.90 Å². The molecule has 1 saturated heterocycles. The van der Waals surface area contributed by atoms with E-state index >= 15 is 0 Å². The summed E-state index contributed by atoms with van der Waals surface area (Å²) in [7, 11) is 0. The number of rotatable bonds is 3. The van der Waals surface area contributed by atoms with Crippen LogP contribution in [0, 0.1) is 5.82 Å². The monoisotopic (exact) mass is 348 g/mol. The fourth-order valence-electron chi connectivity index (χ4n) is 2.84. The van der Waals surface area contributed by atoms with Crippen molar-refractivity contribution < 1.29 is 14.3 Å². The van der Waals surface area contributed by atoms with Gasteiger partial charge < -0.3 is 10.0 Å². The summed E-state index contributed by atoms with van der Waals surface area (Å²) in [6.07, 6.45) is 0. The molecule has 1 aliphatic heterocycles. The van der Waals surface area contributed by atoms with E-state index in [4.69, 9.17) is 11.6 Å². The number of nitrogens with zero attached hydrogens (tertiary/aromatic N) is 2. The van der Waals surface area contributed by atoms with Crippen molar-refractivity contribution in [1.29, 1.82) is 0 Å². The first-order chi connectivity index (χ1) is 11.6. The summed E-state index contributed by atoms with van der Waals surface area (Å²) >= 11 is 6.07. The highest BCUT2D eigenvalue weighted by Gasteiger charge is 2.24. The minimum absolute atomic E-state index is 0.0110. The molecule has 1 amide bonds. The molecule has 1 aliphatic rings. The fourth-order valence-corrected chi connectivity index (χ4v) is 3.06. The second-order valence-corrected chi connectivity index (χ2v) is 6.19. The van der Waals surface area contributed by atoms with E-state index in [-0.39, 0.29) is 17.5 Å². The van der Waals surface area contributed by atoms with Gasteiger partial charge in [0.05, 0.1) is 5.56 Å². The van der Waals surface area contributed by atoms with Crippen molar-refractivity contribution in [2.24, 2.45) is 0 Å². The predicted octanol–water partition coefficient (Wildman–Crippen LogP) is 3.14. The van der Waals surface area contributed by atoms with Gasteiger partial charge in [0.25, 0.3) is 5.91 Å². The fraction of sp³-hybridized carbons (Fsp3) is 0.278. The van der Waals surface area contributed by atoms with Gasteiger partial charge in [-0.1, -0.05) is 29.8 Å². The number of phenolic OH excluding ortho intramolecular Hbond substituents is 1. The second kappa shape index (κ2) is 7.20. The Morgan fingerprint density at radius 2 is 1.79 bits per heavy atom. The second-order valence-electron chi connectivity index (χ2n) is 5.79. The van der Waals surface area contributed by atoms with Crippen molar-refractivity contribution in [2.45, 2.75) is 6.54 Å². The van der Waals surface area contributed by atoms with Crippen LogP contribution in [0.3, 0.4) is 0 Å². The third kappa shape index (κ3) is 3.52. The van der Waals surface area contributed by atoms with Gasteiger partial charge in [0, 0.05) is 43.3 Å². The lowest BCUT2D eigenvalue weighted by atomic mass is 10.1. The third-order valence-corrected chi connectivity index (χ3v) is 4.59. The summed E-state index contributed by atoms with van der Waals surface area (Å²) in [4.78, 5) is 16.2. The molecule has 0 spiro atoms. The molecular formula is C18H18ClFN2O2. The molecule has 0 saturated carbocycles. The van der Waals surface area contributed by atoms with Gasteiger partial charge in [-0.2, -0.15) is 0 Å². The van der Waals surface area contributed by atoms with Gasteiger partial charge in [0.15, 0.2) is 0 Å². The van der Waals surface area contributed by atoms with Crippen LogP contribution in [0.15, 0.2) is 42.5 Å². The molecule has 0 radical (unpaired) electrons. The number of phenols is 1. The number of amides is 1. The number of piperazine rings is 1. The molecule has 0 unspecified atom stereocenters. The summed E-state index contributed by atoms with van der Waals surface area (Å²) in [5.41, 5.74) is 0.794. The molecule has 0 atom stereocenters. The average molecular weight is 349 g/mol. The molecule has 2 aromatic carbocycles.